The molecule has 3 heteroatoms. The van der Waals surface area contributed by atoms with Crippen LogP contribution >= 0.6 is 11.6 Å². The van der Waals surface area contributed by atoms with Crippen LogP contribution in [0.4, 0.5) is 0 Å². The van der Waals surface area contributed by atoms with Gasteiger partial charge in [-0.15, -0.1) is 0 Å². The Bertz CT molecular complexity index is 809. The molecule has 0 saturated carbocycles. The van der Waals surface area contributed by atoms with E-state index in [-0.39, 0.29) is 0 Å². The van der Waals surface area contributed by atoms with Crippen molar-refractivity contribution in [2.75, 3.05) is 0 Å². The summed E-state index contributed by atoms with van der Waals surface area (Å²) in [6.07, 6.45) is 0. The molecular weight excluding hydrogens is 268 g/mol. The Labute approximate surface area is 123 Å². The number of aryl methyl sites for hydroxylation is 2. The van der Waals surface area contributed by atoms with E-state index >= 15 is 0 Å². The minimum absolute atomic E-state index is 0.509. The Morgan fingerprint density at radius 1 is 0.850 bits per heavy atom. The third kappa shape index (κ3) is 2.06. The van der Waals surface area contributed by atoms with Gasteiger partial charge >= 0.3 is 0 Å². The van der Waals surface area contributed by atoms with Crippen LogP contribution in [0, 0.1) is 20.8 Å². The summed E-state index contributed by atoms with van der Waals surface area (Å²) in [5.74, 6) is 0.693. The molecule has 1 heterocycles. The molecule has 0 spiro atoms. The second-order valence-electron chi connectivity index (χ2n) is 5.06. The van der Waals surface area contributed by atoms with Gasteiger partial charge in [-0.05, 0) is 43.5 Å². The summed E-state index contributed by atoms with van der Waals surface area (Å²) in [6, 6.07) is 12.1. The highest BCUT2D eigenvalue weighted by Crippen LogP contribution is 2.28. The van der Waals surface area contributed by atoms with Gasteiger partial charge in [-0.1, -0.05) is 41.9 Å². The predicted molar refractivity (Wildman–Crippen MR) is 84.2 cm³/mol. The molecule has 0 aliphatic carbocycles. The van der Waals surface area contributed by atoms with Crippen molar-refractivity contribution >= 4 is 22.5 Å². The number of halogens is 1. The fourth-order valence-electron chi connectivity index (χ4n) is 2.37. The first-order valence-electron chi connectivity index (χ1n) is 6.57. The molecule has 0 unspecified atom stereocenters. The van der Waals surface area contributed by atoms with Gasteiger partial charge in [-0.2, -0.15) is 0 Å². The summed E-state index contributed by atoms with van der Waals surface area (Å²) in [5, 5.41) is 1.41. The van der Waals surface area contributed by atoms with E-state index in [2.05, 4.69) is 24.9 Å². The Morgan fingerprint density at radius 2 is 1.55 bits per heavy atom. The maximum Gasteiger partial charge on any atom is 0.161 e. The molecule has 3 aromatic rings. The Kier molecular flexibility index (Phi) is 3.19. The zero-order chi connectivity index (χ0) is 14.3. The third-order valence-electron chi connectivity index (χ3n) is 3.73. The van der Waals surface area contributed by atoms with Crippen molar-refractivity contribution in [2.24, 2.45) is 0 Å². The zero-order valence-electron chi connectivity index (χ0n) is 11.7. The van der Waals surface area contributed by atoms with E-state index in [9.17, 15) is 0 Å². The molecule has 0 N–H and O–H groups in total. The van der Waals surface area contributed by atoms with Crippen LogP contribution in [0.3, 0.4) is 0 Å². The number of aromatic nitrogens is 2. The fourth-order valence-corrected chi connectivity index (χ4v) is 2.60. The SMILES string of the molecule is Cc1cccc(-c2nc(Cl)c3cccc(C)c3n2)c1C. The van der Waals surface area contributed by atoms with Gasteiger partial charge in [0.1, 0.15) is 5.15 Å². The van der Waals surface area contributed by atoms with Gasteiger partial charge in [-0.25, -0.2) is 9.97 Å². The number of hydrogen-bond donors (Lipinski definition) is 0. The normalized spacial score (nSPS) is 11.0. The van der Waals surface area contributed by atoms with Gasteiger partial charge in [0, 0.05) is 10.9 Å². The molecule has 2 aromatic carbocycles. The van der Waals surface area contributed by atoms with Crippen LogP contribution in [0.2, 0.25) is 5.15 Å². The Balaban J connectivity index is 2.33. The molecular formula is C17H15ClN2. The third-order valence-corrected chi connectivity index (χ3v) is 4.02. The van der Waals surface area contributed by atoms with Crippen molar-refractivity contribution in [3.8, 4) is 11.4 Å². The first-order valence-corrected chi connectivity index (χ1v) is 6.95. The van der Waals surface area contributed by atoms with Gasteiger partial charge in [-0.3, -0.25) is 0 Å². The molecule has 0 atom stereocenters. The van der Waals surface area contributed by atoms with Gasteiger partial charge in [0.15, 0.2) is 5.82 Å². The summed E-state index contributed by atoms with van der Waals surface area (Å²) < 4.78 is 0. The highest BCUT2D eigenvalue weighted by molar-refractivity contribution is 6.34. The number of fused-ring (bicyclic) bond motifs is 1. The van der Waals surface area contributed by atoms with Crippen molar-refractivity contribution < 1.29 is 0 Å². The van der Waals surface area contributed by atoms with Crippen LogP contribution < -0.4 is 0 Å². The lowest BCUT2D eigenvalue weighted by Gasteiger charge is -2.10. The van der Waals surface area contributed by atoms with Crippen LogP contribution in [-0.2, 0) is 0 Å². The minimum atomic E-state index is 0.509. The standard InChI is InChI=1S/C17H15ClN2/c1-10-6-4-8-13(12(10)3)17-19-15-11(2)7-5-9-14(15)16(18)20-17/h4-9H,1-3H3. The first kappa shape index (κ1) is 13.1. The van der Waals surface area contributed by atoms with E-state index in [1.54, 1.807) is 0 Å². The van der Waals surface area contributed by atoms with Crippen LogP contribution in [0.25, 0.3) is 22.3 Å². The average molecular weight is 283 g/mol. The van der Waals surface area contributed by atoms with Crippen molar-refractivity contribution in [1.29, 1.82) is 0 Å². The average Bonchev–Trinajstić information content (AvgIpc) is 2.43. The molecule has 0 saturated heterocycles. The van der Waals surface area contributed by atoms with Gasteiger partial charge in [0.25, 0.3) is 0 Å². The first-order chi connectivity index (χ1) is 9.58. The summed E-state index contributed by atoms with van der Waals surface area (Å²) in [4.78, 5) is 9.18. The van der Waals surface area contributed by atoms with Crippen molar-refractivity contribution in [3.05, 3.63) is 58.2 Å². The number of nitrogens with zero attached hydrogens (tertiary/aromatic N) is 2. The molecule has 0 radical (unpaired) electrons. The van der Waals surface area contributed by atoms with E-state index in [0.717, 1.165) is 22.0 Å². The highest BCUT2D eigenvalue weighted by atomic mass is 35.5. The number of benzene rings is 2. The summed E-state index contributed by atoms with van der Waals surface area (Å²) in [5.41, 5.74) is 5.49. The lowest BCUT2D eigenvalue weighted by Crippen LogP contribution is -1.96. The van der Waals surface area contributed by atoms with Crippen LogP contribution in [0.1, 0.15) is 16.7 Å². The quantitative estimate of drug-likeness (QED) is 0.595. The summed E-state index contributed by atoms with van der Waals surface area (Å²) >= 11 is 6.33. The molecule has 0 amide bonds. The molecule has 0 fully saturated rings. The topological polar surface area (TPSA) is 25.8 Å². The molecule has 2 nitrogen and oxygen atoms in total. The smallest absolute Gasteiger partial charge is 0.161 e. The van der Waals surface area contributed by atoms with E-state index in [0.29, 0.717) is 11.0 Å². The molecule has 3 rings (SSSR count). The zero-order valence-corrected chi connectivity index (χ0v) is 12.5. The van der Waals surface area contributed by atoms with Crippen LogP contribution in [0.15, 0.2) is 36.4 Å². The van der Waals surface area contributed by atoms with Gasteiger partial charge in [0.2, 0.25) is 0 Å². The molecule has 20 heavy (non-hydrogen) atoms. The Hall–Kier alpha value is -1.93. The van der Waals surface area contributed by atoms with Gasteiger partial charge < -0.3 is 0 Å². The number of para-hydroxylation sites is 1. The van der Waals surface area contributed by atoms with E-state index in [1.807, 2.05) is 37.3 Å². The number of hydrogen-bond acceptors (Lipinski definition) is 2. The van der Waals surface area contributed by atoms with E-state index in [4.69, 9.17) is 16.6 Å². The molecule has 100 valence electrons. The van der Waals surface area contributed by atoms with Crippen molar-refractivity contribution in [1.82, 2.24) is 9.97 Å². The lowest BCUT2D eigenvalue weighted by molar-refractivity contribution is 1.20. The molecule has 1 aromatic heterocycles. The second kappa shape index (κ2) is 4.88. The minimum Gasteiger partial charge on any atom is -0.228 e. The summed E-state index contributed by atoms with van der Waals surface area (Å²) in [6.45, 7) is 6.22. The maximum atomic E-state index is 6.33. The predicted octanol–water partition coefficient (Wildman–Crippen LogP) is 4.88. The molecule has 0 aliphatic heterocycles. The second-order valence-corrected chi connectivity index (χ2v) is 5.41. The summed E-state index contributed by atoms with van der Waals surface area (Å²) in [7, 11) is 0. The number of rotatable bonds is 1. The van der Waals surface area contributed by atoms with Crippen molar-refractivity contribution in [3.63, 3.8) is 0 Å². The molecule has 0 bridgehead atoms. The van der Waals surface area contributed by atoms with E-state index in [1.165, 1.54) is 11.1 Å². The van der Waals surface area contributed by atoms with E-state index < -0.39 is 0 Å². The fraction of sp³-hybridized carbons (Fsp3) is 0.176. The largest absolute Gasteiger partial charge is 0.228 e. The molecule has 0 aliphatic rings. The highest BCUT2D eigenvalue weighted by Gasteiger charge is 2.11. The maximum absolute atomic E-state index is 6.33. The van der Waals surface area contributed by atoms with Crippen LogP contribution in [0.5, 0.6) is 0 Å². The van der Waals surface area contributed by atoms with Crippen LogP contribution in [-0.4, -0.2) is 9.97 Å². The monoisotopic (exact) mass is 282 g/mol. The van der Waals surface area contributed by atoms with Crippen molar-refractivity contribution in [2.45, 2.75) is 20.8 Å². The lowest BCUT2D eigenvalue weighted by atomic mass is 10.0. The Morgan fingerprint density at radius 3 is 2.35 bits per heavy atom. The van der Waals surface area contributed by atoms with Gasteiger partial charge in [0.05, 0.1) is 5.52 Å².